The van der Waals surface area contributed by atoms with Crippen molar-refractivity contribution in [3.05, 3.63) is 138 Å². The maximum atomic E-state index is 11.5. The topological polar surface area (TPSA) is 74.2 Å². The first-order valence-corrected chi connectivity index (χ1v) is 13.9. The molecule has 0 bridgehead atoms. The van der Waals surface area contributed by atoms with Crippen LogP contribution in [-0.2, 0) is 10.3 Å². The van der Waals surface area contributed by atoms with Gasteiger partial charge >= 0.3 is 0 Å². The second kappa shape index (κ2) is 13.3. The molecule has 0 spiro atoms. The van der Waals surface area contributed by atoms with Gasteiger partial charge in [-0.05, 0) is 58.5 Å². The van der Waals surface area contributed by atoms with E-state index >= 15 is 0 Å². The van der Waals surface area contributed by atoms with Crippen LogP contribution in [0.1, 0.15) is 33.5 Å². The minimum Gasteiger partial charge on any atom is -0.497 e. The Morgan fingerprint density at radius 2 is 1.24 bits per heavy atom. The zero-order valence-corrected chi connectivity index (χ0v) is 23.7. The first kappa shape index (κ1) is 28.9. The summed E-state index contributed by atoms with van der Waals surface area (Å²) in [5.74, 6) is 2.14. The molecule has 0 unspecified atom stereocenters. The van der Waals surface area contributed by atoms with Gasteiger partial charge in [0.15, 0.2) is 6.29 Å². The molecule has 0 aromatic heterocycles. The van der Waals surface area contributed by atoms with Crippen LogP contribution in [0.5, 0.6) is 17.2 Å². The zero-order chi connectivity index (χ0) is 29.4. The first-order chi connectivity index (χ1) is 20.6. The van der Waals surface area contributed by atoms with Crippen molar-refractivity contribution in [3.63, 3.8) is 0 Å². The second-order valence-corrected chi connectivity index (χ2v) is 9.92. The SMILES string of the molecule is COc1ccc(C(OC[C@@H](O)CCOc2ccc(C=O)c3ccccc23)(c2ccccc2)c2ccc(OC)cc2)cc1. The number of methoxy groups -OCH3 is 2. The van der Waals surface area contributed by atoms with Crippen LogP contribution < -0.4 is 14.2 Å². The summed E-state index contributed by atoms with van der Waals surface area (Å²) in [4.78, 5) is 11.5. The number of fused-ring (bicyclic) bond motifs is 1. The molecule has 6 nitrogen and oxygen atoms in total. The van der Waals surface area contributed by atoms with Crippen molar-refractivity contribution in [1.29, 1.82) is 0 Å². The fraction of sp³-hybridized carbons (Fsp3) is 0.194. The van der Waals surface area contributed by atoms with Crippen molar-refractivity contribution in [2.24, 2.45) is 0 Å². The first-order valence-electron chi connectivity index (χ1n) is 13.9. The summed E-state index contributed by atoms with van der Waals surface area (Å²) in [6, 6.07) is 36.7. The zero-order valence-electron chi connectivity index (χ0n) is 23.7. The van der Waals surface area contributed by atoms with E-state index in [0.717, 1.165) is 45.2 Å². The lowest BCUT2D eigenvalue weighted by Gasteiger charge is -2.36. The molecule has 1 N–H and O–H groups in total. The van der Waals surface area contributed by atoms with E-state index in [1.807, 2.05) is 103 Å². The molecule has 5 rings (SSSR count). The van der Waals surface area contributed by atoms with Crippen molar-refractivity contribution in [2.45, 2.75) is 18.1 Å². The van der Waals surface area contributed by atoms with Gasteiger partial charge in [-0.1, -0.05) is 78.9 Å². The minimum absolute atomic E-state index is 0.0567. The number of aliphatic hydroxyl groups excluding tert-OH is 1. The smallest absolute Gasteiger partial charge is 0.150 e. The lowest BCUT2D eigenvalue weighted by atomic mass is 9.80. The van der Waals surface area contributed by atoms with Crippen LogP contribution in [0.3, 0.4) is 0 Å². The Morgan fingerprint density at radius 1 is 0.690 bits per heavy atom. The molecule has 0 amide bonds. The maximum absolute atomic E-state index is 11.5. The van der Waals surface area contributed by atoms with E-state index < -0.39 is 11.7 Å². The van der Waals surface area contributed by atoms with Crippen LogP contribution >= 0.6 is 0 Å². The Morgan fingerprint density at radius 3 is 1.81 bits per heavy atom. The molecule has 0 aliphatic heterocycles. The molecule has 0 aliphatic carbocycles. The molecule has 5 aromatic rings. The van der Waals surface area contributed by atoms with Crippen LogP contribution in [-0.4, -0.2) is 44.9 Å². The van der Waals surface area contributed by atoms with Crippen molar-refractivity contribution < 1.29 is 28.8 Å². The molecule has 0 radical (unpaired) electrons. The number of aliphatic hydroxyl groups is 1. The maximum Gasteiger partial charge on any atom is 0.150 e. The third-order valence-corrected chi connectivity index (χ3v) is 7.42. The van der Waals surface area contributed by atoms with Gasteiger partial charge in [0.1, 0.15) is 22.8 Å². The molecule has 214 valence electrons. The average Bonchev–Trinajstić information content (AvgIpc) is 3.06. The number of hydrogen-bond donors (Lipinski definition) is 1. The molecule has 1 atom stereocenters. The Hall–Kier alpha value is -4.65. The Labute approximate surface area is 246 Å². The predicted octanol–water partition coefficient (Wildman–Crippen LogP) is 6.81. The van der Waals surface area contributed by atoms with Gasteiger partial charge in [0.05, 0.1) is 33.5 Å². The van der Waals surface area contributed by atoms with Crippen LogP contribution in [0.15, 0.2) is 115 Å². The van der Waals surface area contributed by atoms with Gasteiger partial charge in [-0.25, -0.2) is 0 Å². The van der Waals surface area contributed by atoms with E-state index in [9.17, 15) is 9.90 Å². The third-order valence-electron chi connectivity index (χ3n) is 7.42. The largest absolute Gasteiger partial charge is 0.497 e. The summed E-state index contributed by atoms with van der Waals surface area (Å²) in [5, 5.41) is 12.8. The summed E-state index contributed by atoms with van der Waals surface area (Å²) in [5.41, 5.74) is 2.31. The third kappa shape index (κ3) is 6.00. The summed E-state index contributed by atoms with van der Waals surface area (Å²) < 4.78 is 23.7. The summed E-state index contributed by atoms with van der Waals surface area (Å²) in [7, 11) is 3.27. The molecule has 6 heteroatoms. The summed E-state index contributed by atoms with van der Waals surface area (Å²) in [6.45, 7) is 0.333. The normalized spacial score (nSPS) is 12.1. The van der Waals surface area contributed by atoms with E-state index in [2.05, 4.69) is 0 Å². The number of benzene rings is 5. The van der Waals surface area contributed by atoms with Gasteiger partial charge in [0.2, 0.25) is 0 Å². The highest BCUT2D eigenvalue weighted by molar-refractivity contribution is 6.00. The van der Waals surface area contributed by atoms with Crippen LogP contribution in [0, 0.1) is 0 Å². The lowest BCUT2D eigenvalue weighted by Crippen LogP contribution is -2.36. The van der Waals surface area contributed by atoms with E-state index in [-0.39, 0.29) is 13.2 Å². The van der Waals surface area contributed by atoms with Gasteiger partial charge in [-0.2, -0.15) is 0 Å². The number of hydrogen-bond acceptors (Lipinski definition) is 6. The number of carbonyl (C=O) groups is 1. The number of ether oxygens (including phenoxy) is 4. The van der Waals surface area contributed by atoms with Gasteiger partial charge in [-0.3, -0.25) is 4.79 Å². The summed E-state index contributed by atoms with van der Waals surface area (Å²) in [6.07, 6.45) is 0.391. The molecule has 0 saturated heterocycles. The molecular formula is C36H34O6. The number of rotatable bonds is 13. The second-order valence-electron chi connectivity index (χ2n) is 9.92. The lowest BCUT2D eigenvalue weighted by molar-refractivity contribution is -0.0427. The highest BCUT2D eigenvalue weighted by atomic mass is 16.5. The monoisotopic (exact) mass is 562 g/mol. The number of carbonyl (C=O) groups excluding carboxylic acids is 1. The predicted molar refractivity (Wildman–Crippen MR) is 164 cm³/mol. The molecular weight excluding hydrogens is 528 g/mol. The molecule has 0 heterocycles. The van der Waals surface area contributed by atoms with E-state index in [4.69, 9.17) is 18.9 Å². The molecule has 0 saturated carbocycles. The van der Waals surface area contributed by atoms with E-state index in [1.165, 1.54) is 0 Å². The van der Waals surface area contributed by atoms with E-state index in [0.29, 0.717) is 17.7 Å². The quantitative estimate of drug-likeness (QED) is 0.126. The van der Waals surface area contributed by atoms with Crippen LogP contribution in [0.2, 0.25) is 0 Å². The van der Waals surface area contributed by atoms with E-state index in [1.54, 1.807) is 26.4 Å². The molecule has 0 fully saturated rings. The van der Waals surface area contributed by atoms with Crippen LogP contribution in [0.4, 0.5) is 0 Å². The molecule has 42 heavy (non-hydrogen) atoms. The average molecular weight is 563 g/mol. The van der Waals surface area contributed by atoms with Gasteiger partial charge in [-0.15, -0.1) is 0 Å². The highest BCUT2D eigenvalue weighted by Gasteiger charge is 2.38. The summed E-state index contributed by atoms with van der Waals surface area (Å²) >= 11 is 0. The minimum atomic E-state index is -1.01. The van der Waals surface area contributed by atoms with Crippen molar-refractivity contribution in [2.75, 3.05) is 27.4 Å². The Bertz CT molecular complexity index is 1550. The highest BCUT2D eigenvalue weighted by Crippen LogP contribution is 2.42. The Balaban J connectivity index is 1.40. The van der Waals surface area contributed by atoms with Crippen molar-refractivity contribution in [3.8, 4) is 17.2 Å². The van der Waals surface area contributed by atoms with Crippen LogP contribution in [0.25, 0.3) is 10.8 Å². The van der Waals surface area contributed by atoms with Gasteiger partial charge in [0.25, 0.3) is 0 Å². The van der Waals surface area contributed by atoms with Gasteiger partial charge in [0, 0.05) is 17.4 Å². The Kier molecular flexibility index (Phi) is 9.17. The fourth-order valence-corrected chi connectivity index (χ4v) is 5.21. The number of aldehydes is 1. The molecule has 0 aliphatic rings. The van der Waals surface area contributed by atoms with Crippen molar-refractivity contribution >= 4 is 17.1 Å². The van der Waals surface area contributed by atoms with Crippen molar-refractivity contribution in [1.82, 2.24) is 0 Å². The molecule has 5 aromatic carbocycles. The fourth-order valence-electron chi connectivity index (χ4n) is 5.21. The standard InChI is InChI=1S/C36H34O6/c1-39-31-17-13-28(14-18-31)36(27-8-4-3-5-9-27,29-15-19-32(40-2)20-16-29)42-25-30(38)22-23-41-35-21-12-26(24-37)33-10-6-7-11-34(33)35/h3-21,24,30,38H,22-23,25H2,1-2H3/t30-/m0/s1. The van der Waals surface area contributed by atoms with Gasteiger partial charge < -0.3 is 24.1 Å².